The first kappa shape index (κ1) is 13.3. The average molecular weight is 264 g/mol. The summed E-state index contributed by atoms with van der Waals surface area (Å²) in [6.45, 7) is 2.83. The van der Waals surface area contributed by atoms with Gasteiger partial charge >= 0.3 is 0 Å². The van der Waals surface area contributed by atoms with Gasteiger partial charge in [0, 0.05) is 24.5 Å². The van der Waals surface area contributed by atoms with E-state index in [-0.39, 0.29) is 16.5 Å². The molecule has 0 unspecified atom stereocenters. The Hall–Kier alpha value is -0.800. The monoisotopic (exact) mass is 263 g/mol. The second-order valence-corrected chi connectivity index (χ2v) is 3.99. The van der Waals surface area contributed by atoms with Crippen LogP contribution in [-0.2, 0) is 0 Å². The van der Waals surface area contributed by atoms with E-state index in [1.54, 1.807) is 4.90 Å². The molecule has 0 bridgehead atoms. The second kappa shape index (κ2) is 6.06. The predicted octanol–water partition coefficient (Wildman–Crippen LogP) is 3.18. The number of benzene rings is 1. The summed E-state index contributed by atoms with van der Waals surface area (Å²) in [7, 11) is 0. The highest BCUT2D eigenvalue weighted by molar-refractivity contribution is 6.30. The van der Waals surface area contributed by atoms with Crippen molar-refractivity contribution in [2.45, 2.75) is 6.92 Å². The zero-order valence-corrected chi connectivity index (χ0v) is 10.4. The first-order valence-corrected chi connectivity index (χ1v) is 5.81. The van der Waals surface area contributed by atoms with E-state index in [0.29, 0.717) is 19.0 Å². The Kier molecular flexibility index (Phi) is 5.03. The summed E-state index contributed by atoms with van der Waals surface area (Å²) >= 11 is 11.1. The lowest BCUT2D eigenvalue weighted by molar-refractivity contribution is 0.0773. The number of carbonyl (C=O) groups excluding carboxylic acids is 1. The third-order valence-corrected chi connectivity index (χ3v) is 2.67. The minimum atomic E-state index is -0.588. The molecule has 1 aromatic carbocycles. The number of amides is 1. The summed E-state index contributed by atoms with van der Waals surface area (Å²) in [5.41, 5.74) is 0.286. The highest BCUT2D eigenvalue weighted by Gasteiger charge is 2.14. The Morgan fingerprint density at radius 1 is 1.50 bits per heavy atom. The zero-order valence-electron chi connectivity index (χ0n) is 8.84. The quantitative estimate of drug-likeness (QED) is 0.765. The number of hydrogen-bond acceptors (Lipinski definition) is 1. The summed E-state index contributed by atoms with van der Waals surface area (Å²) < 4.78 is 13.2. The smallest absolute Gasteiger partial charge is 0.253 e. The number of alkyl halides is 1. The first-order chi connectivity index (χ1) is 7.60. The molecule has 0 N–H and O–H groups in total. The van der Waals surface area contributed by atoms with Gasteiger partial charge in [0.2, 0.25) is 0 Å². The molecule has 0 aliphatic rings. The van der Waals surface area contributed by atoms with E-state index in [9.17, 15) is 9.18 Å². The maximum Gasteiger partial charge on any atom is 0.253 e. The largest absolute Gasteiger partial charge is 0.338 e. The highest BCUT2D eigenvalue weighted by atomic mass is 35.5. The second-order valence-electron chi connectivity index (χ2n) is 3.20. The molecule has 0 radical (unpaired) electrons. The van der Waals surface area contributed by atoms with Gasteiger partial charge in [0.05, 0.1) is 5.02 Å². The normalized spacial score (nSPS) is 10.2. The Morgan fingerprint density at radius 2 is 2.19 bits per heavy atom. The number of hydrogen-bond donors (Lipinski definition) is 0. The van der Waals surface area contributed by atoms with E-state index in [4.69, 9.17) is 23.2 Å². The Bertz CT molecular complexity index is 384. The Balaban J connectivity index is 2.90. The summed E-state index contributed by atoms with van der Waals surface area (Å²) in [5, 5.41) is 0.0111. The van der Waals surface area contributed by atoms with Gasteiger partial charge < -0.3 is 4.90 Å². The van der Waals surface area contributed by atoms with Crippen LogP contribution in [0.1, 0.15) is 17.3 Å². The lowest BCUT2D eigenvalue weighted by Crippen LogP contribution is -2.32. The molecule has 0 heterocycles. The standard InChI is InChI=1S/C11H12Cl2FNO/c1-2-15(6-5-12)11(16)8-3-4-9(13)10(14)7-8/h3-4,7H,2,5-6H2,1H3. The van der Waals surface area contributed by atoms with Gasteiger partial charge in [-0.1, -0.05) is 11.6 Å². The summed E-state index contributed by atoms with van der Waals surface area (Å²) in [6.07, 6.45) is 0. The van der Waals surface area contributed by atoms with Crippen LogP contribution in [0.5, 0.6) is 0 Å². The van der Waals surface area contributed by atoms with Gasteiger partial charge in [-0.25, -0.2) is 4.39 Å². The molecule has 0 spiro atoms. The van der Waals surface area contributed by atoms with Crippen molar-refractivity contribution in [2.24, 2.45) is 0 Å². The third-order valence-electron chi connectivity index (χ3n) is 2.19. The number of nitrogens with zero attached hydrogens (tertiary/aromatic N) is 1. The van der Waals surface area contributed by atoms with Gasteiger partial charge in [0.1, 0.15) is 5.82 Å². The lowest BCUT2D eigenvalue weighted by atomic mass is 10.2. The molecule has 0 saturated carbocycles. The van der Waals surface area contributed by atoms with Gasteiger partial charge in [0.15, 0.2) is 0 Å². The molecule has 1 aromatic rings. The lowest BCUT2D eigenvalue weighted by Gasteiger charge is -2.19. The molecule has 0 atom stereocenters. The van der Waals surface area contributed by atoms with Crippen molar-refractivity contribution < 1.29 is 9.18 Å². The van der Waals surface area contributed by atoms with Gasteiger partial charge in [-0.15, -0.1) is 11.6 Å². The van der Waals surface area contributed by atoms with Crippen molar-refractivity contribution >= 4 is 29.1 Å². The van der Waals surface area contributed by atoms with E-state index < -0.39 is 5.82 Å². The topological polar surface area (TPSA) is 20.3 Å². The molecule has 2 nitrogen and oxygen atoms in total. The molecule has 0 fully saturated rings. The molecule has 16 heavy (non-hydrogen) atoms. The van der Waals surface area contributed by atoms with Crippen molar-refractivity contribution in [3.63, 3.8) is 0 Å². The van der Waals surface area contributed by atoms with E-state index in [0.717, 1.165) is 6.07 Å². The minimum Gasteiger partial charge on any atom is -0.338 e. The Labute approximate surface area is 104 Å². The molecular formula is C11H12Cl2FNO. The number of halogens is 3. The van der Waals surface area contributed by atoms with Crippen LogP contribution in [0, 0.1) is 5.82 Å². The summed E-state index contributed by atoms with van der Waals surface area (Å²) in [4.78, 5) is 13.4. The molecule has 0 aromatic heterocycles. The Morgan fingerprint density at radius 3 is 2.69 bits per heavy atom. The van der Waals surface area contributed by atoms with Crippen molar-refractivity contribution in [1.82, 2.24) is 4.90 Å². The van der Waals surface area contributed by atoms with Crippen molar-refractivity contribution in [3.05, 3.63) is 34.6 Å². The molecule has 88 valence electrons. The van der Waals surface area contributed by atoms with Gasteiger partial charge in [-0.2, -0.15) is 0 Å². The number of carbonyl (C=O) groups is 1. The average Bonchev–Trinajstić information content (AvgIpc) is 2.28. The van der Waals surface area contributed by atoms with Crippen LogP contribution in [0.15, 0.2) is 18.2 Å². The van der Waals surface area contributed by atoms with E-state index in [1.165, 1.54) is 12.1 Å². The molecule has 0 saturated heterocycles. The van der Waals surface area contributed by atoms with Crippen molar-refractivity contribution in [3.8, 4) is 0 Å². The third kappa shape index (κ3) is 3.09. The van der Waals surface area contributed by atoms with Crippen LogP contribution in [0.3, 0.4) is 0 Å². The van der Waals surface area contributed by atoms with E-state index in [1.807, 2.05) is 6.92 Å². The SMILES string of the molecule is CCN(CCCl)C(=O)c1ccc(Cl)c(F)c1. The molecule has 0 aliphatic carbocycles. The van der Waals surface area contributed by atoms with Crippen molar-refractivity contribution in [1.29, 1.82) is 0 Å². The molecule has 5 heteroatoms. The minimum absolute atomic E-state index is 0.0111. The first-order valence-electron chi connectivity index (χ1n) is 4.90. The van der Waals surface area contributed by atoms with Gasteiger partial charge in [-0.3, -0.25) is 4.79 Å². The highest BCUT2D eigenvalue weighted by Crippen LogP contribution is 2.16. The van der Waals surface area contributed by atoms with Crippen LogP contribution in [-0.4, -0.2) is 29.8 Å². The molecule has 0 aliphatic heterocycles. The fourth-order valence-electron chi connectivity index (χ4n) is 1.32. The van der Waals surface area contributed by atoms with Crippen LogP contribution in [0.2, 0.25) is 5.02 Å². The van der Waals surface area contributed by atoms with E-state index >= 15 is 0 Å². The predicted molar refractivity (Wildman–Crippen MR) is 63.7 cm³/mol. The van der Waals surface area contributed by atoms with Gasteiger partial charge in [-0.05, 0) is 25.1 Å². The molecular weight excluding hydrogens is 252 g/mol. The number of rotatable bonds is 4. The molecule has 1 rings (SSSR count). The molecule has 1 amide bonds. The zero-order chi connectivity index (χ0) is 12.1. The van der Waals surface area contributed by atoms with Crippen LogP contribution in [0.4, 0.5) is 4.39 Å². The summed E-state index contributed by atoms with van der Waals surface area (Å²) in [5.74, 6) is -0.469. The fraction of sp³-hybridized carbons (Fsp3) is 0.364. The maximum atomic E-state index is 13.2. The summed E-state index contributed by atoms with van der Waals surface area (Å²) in [6, 6.07) is 4.02. The van der Waals surface area contributed by atoms with Crippen LogP contribution < -0.4 is 0 Å². The van der Waals surface area contributed by atoms with Crippen LogP contribution in [0.25, 0.3) is 0 Å². The van der Waals surface area contributed by atoms with Crippen molar-refractivity contribution in [2.75, 3.05) is 19.0 Å². The van der Waals surface area contributed by atoms with Gasteiger partial charge in [0.25, 0.3) is 5.91 Å². The maximum absolute atomic E-state index is 13.2. The van der Waals surface area contributed by atoms with Crippen LogP contribution >= 0.6 is 23.2 Å². The fourth-order valence-corrected chi connectivity index (χ4v) is 1.64. The van der Waals surface area contributed by atoms with E-state index in [2.05, 4.69) is 0 Å².